The molecule has 1 aromatic rings. The van der Waals surface area contributed by atoms with Gasteiger partial charge in [-0.05, 0) is 57.4 Å². The van der Waals surface area contributed by atoms with Crippen molar-refractivity contribution in [3.63, 3.8) is 0 Å². The SMILES string of the molecule is CCC(C)NC(=O)C(C)NC(=O)C1CCN(C(=O)c2ccc(Br)cc2)CC1. The van der Waals surface area contributed by atoms with Gasteiger partial charge in [0, 0.05) is 35.1 Å². The lowest BCUT2D eigenvalue weighted by Gasteiger charge is -2.32. The van der Waals surface area contributed by atoms with Crippen LogP contribution in [-0.2, 0) is 9.59 Å². The summed E-state index contributed by atoms with van der Waals surface area (Å²) in [5, 5.41) is 5.67. The lowest BCUT2D eigenvalue weighted by Crippen LogP contribution is -2.50. The van der Waals surface area contributed by atoms with Gasteiger partial charge in [0.05, 0.1) is 0 Å². The van der Waals surface area contributed by atoms with E-state index >= 15 is 0 Å². The Kier molecular flexibility index (Phi) is 7.83. The summed E-state index contributed by atoms with van der Waals surface area (Å²) in [6.07, 6.45) is 2.05. The van der Waals surface area contributed by atoms with E-state index in [9.17, 15) is 14.4 Å². The van der Waals surface area contributed by atoms with Crippen LogP contribution >= 0.6 is 15.9 Å². The van der Waals surface area contributed by atoms with Crippen molar-refractivity contribution >= 4 is 33.7 Å². The first-order valence-corrected chi connectivity index (χ1v) is 10.3. The summed E-state index contributed by atoms with van der Waals surface area (Å²) in [6, 6.07) is 6.81. The molecule has 1 aliphatic heterocycles. The van der Waals surface area contributed by atoms with Crippen molar-refractivity contribution in [2.45, 2.75) is 52.1 Å². The Bertz CT molecular complexity index is 670. The summed E-state index contributed by atoms with van der Waals surface area (Å²) >= 11 is 3.36. The number of nitrogens with zero attached hydrogens (tertiary/aromatic N) is 1. The molecule has 0 radical (unpaired) electrons. The van der Waals surface area contributed by atoms with Crippen molar-refractivity contribution in [2.75, 3.05) is 13.1 Å². The van der Waals surface area contributed by atoms with Gasteiger partial charge >= 0.3 is 0 Å². The third-order valence-corrected chi connectivity index (χ3v) is 5.53. The van der Waals surface area contributed by atoms with E-state index in [0.29, 0.717) is 31.5 Å². The molecular formula is C20H28BrN3O3. The number of amides is 3. The van der Waals surface area contributed by atoms with Crippen LogP contribution in [0.4, 0.5) is 0 Å². The van der Waals surface area contributed by atoms with Crippen LogP contribution in [0.1, 0.15) is 50.4 Å². The smallest absolute Gasteiger partial charge is 0.253 e. The summed E-state index contributed by atoms with van der Waals surface area (Å²) in [6.45, 7) is 6.71. The van der Waals surface area contributed by atoms with Gasteiger partial charge in [-0.3, -0.25) is 14.4 Å². The monoisotopic (exact) mass is 437 g/mol. The van der Waals surface area contributed by atoms with Crippen LogP contribution in [0.5, 0.6) is 0 Å². The van der Waals surface area contributed by atoms with Gasteiger partial charge in [0.2, 0.25) is 11.8 Å². The quantitative estimate of drug-likeness (QED) is 0.717. The second-order valence-electron chi connectivity index (χ2n) is 7.12. The molecule has 0 spiro atoms. The summed E-state index contributed by atoms with van der Waals surface area (Å²) in [5.41, 5.74) is 0.649. The largest absolute Gasteiger partial charge is 0.352 e. The zero-order valence-electron chi connectivity index (χ0n) is 16.1. The molecule has 6 nitrogen and oxygen atoms in total. The van der Waals surface area contributed by atoms with Crippen molar-refractivity contribution < 1.29 is 14.4 Å². The Morgan fingerprint density at radius 1 is 1.11 bits per heavy atom. The number of piperidine rings is 1. The number of likely N-dealkylation sites (tertiary alicyclic amines) is 1. The molecule has 1 saturated heterocycles. The first kappa shape index (κ1) is 21.4. The van der Waals surface area contributed by atoms with Crippen molar-refractivity contribution in [1.29, 1.82) is 0 Å². The Morgan fingerprint density at radius 3 is 2.26 bits per heavy atom. The second kappa shape index (κ2) is 9.88. The topological polar surface area (TPSA) is 78.5 Å². The van der Waals surface area contributed by atoms with E-state index in [-0.39, 0.29) is 29.7 Å². The minimum Gasteiger partial charge on any atom is -0.352 e. The predicted molar refractivity (Wildman–Crippen MR) is 108 cm³/mol. The van der Waals surface area contributed by atoms with Gasteiger partial charge in [0.15, 0.2) is 0 Å². The number of carbonyl (C=O) groups excluding carboxylic acids is 3. The number of hydrogen-bond donors (Lipinski definition) is 2. The third kappa shape index (κ3) is 6.06. The van der Waals surface area contributed by atoms with Gasteiger partial charge in [0.25, 0.3) is 5.91 Å². The van der Waals surface area contributed by atoms with Crippen LogP contribution in [0.15, 0.2) is 28.7 Å². The highest BCUT2D eigenvalue weighted by Crippen LogP contribution is 2.20. The average Bonchev–Trinajstić information content (AvgIpc) is 2.67. The number of rotatable bonds is 6. The van der Waals surface area contributed by atoms with E-state index in [1.807, 2.05) is 26.0 Å². The van der Waals surface area contributed by atoms with Crippen LogP contribution in [0.3, 0.4) is 0 Å². The lowest BCUT2D eigenvalue weighted by atomic mass is 9.95. The molecule has 1 heterocycles. The minimum atomic E-state index is -0.561. The number of halogens is 1. The molecule has 0 bridgehead atoms. The van der Waals surface area contributed by atoms with Gasteiger partial charge in [0.1, 0.15) is 6.04 Å². The number of benzene rings is 1. The molecule has 3 amide bonds. The summed E-state index contributed by atoms with van der Waals surface area (Å²) < 4.78 is 0.931. The molecular weight excluding hydrogens is 410 g/mol. The molecule has 1 fully saturated rings. The molecule has 2 atom stereocenters. The van der Waals surface area contributed by atoms with Crippen LogP contribution in [0, 0.1) is 5.92 Å². The van der Waals surface area contributed by atoms with Crippen LogP contribution in [-0.4, -0.2) is 47.8 Å². The molecule has 7 heteroatoms. The maximum Gasteiger partial charge on any atom is 0.253 e. The van der Waals surface area contributed by atoms with Crippen LogP contribution in [0.2, 0.25) is 0 Å². The highest BCUT2D eigenvalue weighted by Gasteiger charge is 2.29. The molecule has 2 unspecified atom stereocenters. The highest BCUT2D eigenvalue weighted by molar-refractivity contribution is 9.10. The fourth-order valence-electron chi connectivity index (χ4n) is 2.99. The van der Waals surface area contributed by atoms with Gasteiger partial charge in [-0.1, -0.05) is 22.9 Å². The molecule has 2 N–H and O–H groups in total. The van der Waals surface area contributed by atoms with E-state index in [2.05, 4.69) is 26.6 Å². The minimum absolute atomic E-state index is 0.0114. The first-order valence-electron chi connectivity index (χ1n) is 9.47. The second-order valence-corrected chi connectivity index (χ2v) is 8.04. The van der Waals surface area contributed by atoms with Gasteiger partial charge in [-0.2, -0.15) is 0 Å². The normalized spacial score (nSPS) is 17.1. The van der Waals surface area contributed by atoms with E-state index in [4.69, 9.17) is 0 Å². The van der Waals surface area contributed by atoms with E-state index in [0.717, 1.165) is 10.9 Å². The number of hydrogen-bond acceptors (Lipinski definition) is 3. The van der Waals surface area contributed by atoms with Crippen molar-refractivity contribution in [3.05, 3.63) is 34.3 Å². The zero-order chi connectivity index (χ0) is 20.0. The first-order chi connectivity index (χ1) is 12.8. The summed E-state index contributed by atoms with van der Waals surface area (Å²) in [5.74, 6) is -0.460. The number of carbonyl (C=O) groups is 3. The Morgan fingerprint density at radius 2 is 1.70 bits per heavy atom. The van der Waals surface area contributed by atoms with E-state index in [1.54, 1.807) is 24.0 Å². The molecule has 27 heavy (non-hydrogen) atoms. The molecule has 0 aromatic heterocycles. The van der Waals surface area contributed by atoms with Crippen LogP contribution in [0.25, 0.3) is 0 Å². The fraction of sp³-hybridized carbons (Fsp3) is 0.550. The van der Waals surface area contributed by atoms with Crippen molar-refractivity contribution in [1.82, 2.24) is 15.5 Å². The van der Waals surface area contributed by atoms with Gasteiger partial charge in [-0.25, -0.2) is 0 Å². The Labute approximate surface area is 169 Å². The Balaban J connectivity index is 1.82. The molecule has 0 aliphatic carbocycles. The van der Waals surface area contributed by atoms with Gasteiger partial charge in [-0.15, -0.1) is 0 Å². The highest BCUT2D eigenvalue weighted by atomic mass is 79.9. The number of nitrogens with one attached hydrogen (secondary N) is 2. The fourth-order valence-corrected chi connectivity index (χ4v) is 3.25. The van der Waals surface area contributed by atoms with Crippen molar-refractivity contribution in [2.24, 2.45) is 5.92 Å². The lowest BCUT2D eigenvalue weighted by molar-refractivity contribution is -0.131. The molecule has 1 aliphatic rings. The standard InChI is InChI=1S/C20H28BrN3O3/c1-4-13(2)22-18(25)14(3)23-19(26)15-9-11-24(12-10-15)20(27)16-5-7-17(21)8-6-16/h5-8,13-15H,4,9-12H2,1-3H3,(H,22,25)(H,23,26). The predicted octanol–water partition coefficient (Wildman–Crippen LogP) is 2.72. The van der Waals surface area contributed by atoms with Crippen LogP contribution < -0.4 is 10.6 Å². The van der Waals surface area contributed by atoms with E-state index in [1.165, 1.54) is 0 Å². The molecule has 0 saturated carbocycles. The molecule has 2 rings (SSSR count). The maximum absolute atomic E-state index is 12.5. The van der Waals surface area contributed by atoms with E-state index < -0.39 is 6.04 Å². The Hall–Kier alpha value is -1.89. The molecule has 1 aromatic carbocycles. The maximum atomic E-state index is 12.5. The van der Waals surface area contributed by atoms with Gasteiger partial charge < -0.3 is 15.5 Å². The summed E-state index contributed by atoms with van der Waals surface area (Å²) in [4.78, 5) is 38.8. The third-order valence-electron chi connectivity index (χ3n) is 5.00. The zero-order valence-corrected chi connectivity index (χ0v) is 17.7. The molecule has 148 valence electrons. The average molecular weight is 438 g/mol. The van der Waals surface area contributed by atoms with Crippen molar-refractivity contribution in [3.8, 4) is 0 Å². The summed E-state index contributed by atoms with van der Waals surface area (Å²) in [7, 11) is 0.